The van der Waals surface area contributed by atoms with Gasteiger partial charge in [-0.1, -0.05) is 30.3 Å². The third-order valence-corrected chi connectivity index (χ3v) is 3.34. The van der Waals surface area contributed by atoms with Gasteiger partial charge in [-0.05, 0) is 29.8 Å². The Hall–Kier alpha value is -1.83. The van der Waals surface area contributed by atoms with Crippen LogP contribution in [0, 0.1) is 0 Å². The number of benzene rings is 2. The van der Waals surface area contributed by atoms with Crippen LogP contribution in [0.1, 0.15) is 5.56 Å². The molecule has 0 heterocycles. The van der Waals surface area contributed by atoms with Crippen LogP contribution in [0.15, 0.2) is 64.5 Å². The van der Waals surface area contributed by atoms with Crippen LogP contribution in [0.4, 0.5) is 5.69 Å². The number of thioether (sulfide) groups is 1. The third kappa shape index (κ3) is 3.59. The second-order valence-corrected chi connectivity index (χ2v) is 4.52. The van der Waals surface area contributed by atoms with Crippen molar-refractivity contribution in [3.05, 3.63) is 60.2 Å². The molecular weight excluding hydrogens is 230 g/mol. The van der Waals surface area contributed by atoms with Gasteiger partial charge in [0.25, 0.3) is 0 Å². The van der Waals surface area contributed by atoms with Gasteiger partial charge in [0.05, 0.1) is 5.69 Å². The van der Waals surface area contributed by atoms with Crippen molar-refractivity contribution >= 4 is 23.5 Å². The first-order chi connectivity index (χ1) is 8.38. The van der Waals surface area contributed by atoms with Crippen molar-refractivity contribution < 1.29 is 4.79 Å². The zero-order chi connectivity index (χ0) is 11.9. The molecule has 0 saturated carbocycles. The number of hydrogen-bond acceptors (Lipinski definition) is 3. The van der Waals surface area contributed by atoms with Crippen molar-refractivity contribution in [2.45, 2.75) is 10.6 Å². The van der Waals surface area contributed by atoms with Gasteiger partial charge in [0.1, 0.15) is 0 Å². The van der Waals surface area contributed by atoms with Gasteiger partial charge >= 0.3 is 0 Å². The van der Waals surface area contributed by atoms with Crippen LogP contribution in [0.5, 0.6) is 0 Å². The monoisotopic (exact) mass is 241 g/mol. The van der Waals surface area contributed by atoms with Gasteiger partial charge in [-0.15, -0.1) is 11.8 Å². The topological polar surface area (TPSA) is 29.4 Å². The average molecular weight is 241 g/mol. The highest BCUT2D eigenvalue weighted by Gasteiger charge is 1.96. The summed E-state index contributed by atoms with van der Waals surface area (Å²) in [4.78, 5) is 14.9. The van der Waals surface area contributed by atoms with Crippen LogP contribution >= 0.6 is 11.8 Å². The Balaban J connectivity index is 1.98. The van der Waals surface area contributed by atoms with Gasteiger partial charge in [-0.3, -0.25) is 0 Å². The lowest BCUT2D eigenvalue weighted by atomic mass is 10.2. The number of nitrogens with zero attached hydrogens (tertiary/aromatic N) is 1. The molecule has 3 heteroatoms. The molecule has 0 radical (unpaired) electrons. The largest absolute Gasteiger partial charge is 0.240 e. The van der Waals surface area contributed by atoms with Crippen molar-refractivity contribution in [1.29, 1.82) is 0 Å². The standard InChI is InChI=1S/C14H11NOS/c16-11-15-13-8-6-12(7-9-13)10-17-14-4-2-1-3-5-14/h1-9H,10H2. The van der Waals surface area contributed by atoms with Gasteiger partial charge < -0.3 is 0 Å². The van der Waals surface area contributed by atoms with E-state index >= 15 is 0 Å². The molecule has 84 valence electrons. The first-order valence-electron chi connectivity index (χ1n) is 5.23. The van der Waals surface area contributed by atoms with E-state index in [2.05, 4.69) is 17.1 Å². The molecule has 0 N–H and O–H groups in total. The molecule has 0 unspecified atom stereocenters. The van der Waals surface area contributed by atoms with Gasteiger partial charge in [0.15, 0.2) is 0 Å². The summed E-state index contributed by atoms with van der Waals surface area (Å²) in [7, 11) is 0. The van der Waals surface area contributed by atoms with Crippen LogP contribution in [0.3, 0.4) is 0 Å². The third-order valence-electron chi connectivity index (χ3n) is 2.26. The lowest BCUT2D eigenvalue weighted by Gasteiger charge is -2.01. The summed E-state index contributed by atoms with van der Waals surface area (Å²) in [5.41, 5.74) is 1.86. The molecule has 0 bridgehead atoms. The highest BCUT2D eigenvalue weighted by atomic mass is 32.2. The van der Waals surface area contributed by atoms with E-state index in [1.807, 2.05) is 42.5 Å². The summed E-state index contributed by atoms with van der Waals surface area (Å²) < 4.78 is 0. The molecule has 0 aliphatic carbocycles. The summed E-state index contributed by atoms with van der Waals surface area (Å²) in [6.45, 7) is 0. The molecule has 0 atom stereocenters. The molecule has 17 heavy (non-hydrogen) atoms. The Labute approximate surface area is 104 Å². The Kier molecular flexibility index (Phi) is 4.14. The van der Waals surface area contributed by atoms with Crippen LogP contribution in [0.2, 0.25) is 0 Å². The Morgan fingerprint density at radius 3 is 2.35 bits per heavy atom. The van der Waals surface area contributed by atoms with E-state index in [1.54, 1.807) is 11.8 Å². The fourth-order valence-electron chi connectivity index (χ4n) is 1.40. The Morgan fingerprint density at radius 1 is 1.00 bits per heavy atom. The number of isocyanates is 1. The maximum atomic E-state index is 10.1. The zero-order valence-corrected chi connectivity index (χ0v) is 9.98. The van der Waals surface area contributed by atoms with Crippen molar-refractivity contribution in [2.75, 3.05) is 0 Å². The summed E-state index contributed by atoms with van der Waals surface area (Å²) in [5.74, 6) is 0.912. The zero-order valence-electron chi connectivity index (χ0n) is 9.17. The van der Waals surface area contributed by atoms with E-state index in [9.17, 15) is 4.79 Å². The summed E-state index contributed by atoms with van der Waals surface area (Å²) in [6, 6.07) is 17.9. The lowest BCUT2D eigenvalue weighted by molar-refractivity contribution is 0.565. The molecule has 2 rings (SSSR count). The number of carbonyl (C=O) groups excluding carboxylic acids is 1. The fourth-order valence-corrected chi connectivity index (χ4v) is 2.28. The molecule has 0 spiro atoms. The quantitative estimate of drug-likeness (QED) is 0.461. The van der Waals surface area contributed by atoms with Crippen molar-refractivity contribution in [1.82, 2.24) is 0 Å². The predicted octanol–water partition coefficient (Wildman–Crippen LogP) is 3.95. The van der Waals surface area contributed by atoms with Crippen LogP contribution < -0.4 is 0 Å². The van der Waals surface area contributed by atoms with Gasteiger partial charge in [-0.25, -0.2) is 4.79 Å². The molecule has 0 amide bonds. The van der Waals surface area contributed by atoms with E-state index in [0.29, 0.717) is 5.69 Å². The first kappa shape index (κ1) is 11.6. The number of aliphatic imine (C=N–C) groups is 1. The SMILES string of the molecule is O=C=Nc1ccc(CSc2ccccc2)cc1. The van der Waals surface area contributed by atoms with Crippen LogP contribution in [-0.2, 0) is 10.5 Å². The average Bonchev–Trinajstić information content (AvgIpc) is 2.40. The molecule has 0 saturated heterocycles. The number of rotatable bonds is 4. The summed E-state index contributed by atoms with van der Waals surface area (Å²) >= 11 is 1.78. The van der Waals surface area contributed by atoms with Gasteiger partial charge in [-0.2, -0.15) is 4.99 Å². The lowest BCUT2D eigenvalue weighted by Crippen LogP contribution is -1.79. The first-order valence-corrected chi connectivity index (χ1v) is 6.22. The molecular formula is C14H11NOS. The molecule has 2 aromatic rings. The van der Waals surface area contributed by atoms with E-state index in [4.69, 9.17) is 0 Å². The maximum Gasteiger partial charge on any atom is 0.240 e. The van der Waals surface area contributed by atoms with E-state index in [0.717, 1.165) is 5.75 Å². The highest BCUT2D eigenvalue weighted by Crippen LogP contribution is 2.23. The van der Waals surface area contributed by atoms with Gasteiger partial charge in [0, 0.05) is 10.6 Å². The number of hydrogen-bond donors (Lipinski definition) is 0. The van der Waals surface area contributed by atoms with Crippen molar-refractivity contribution in [2.24, 2.45) is 4.99 Å². The van der Waals surface area contributed by atoms with Gasteiger partial charge in [0.2, 0.25) is 6.08 Å². The highest BCUT2D eigenvalue weighted by molar-refractivity contribution is 7.98. The minimum absolute atomic E-state index is 0.647. The molecule has 2 aromatic carbocycles. The van der Waals surface area contributed by atoms with E-state index in [1.165, 1.54) is 16.5 Å². The summed E-state index contributed by atoms with van der Waals surface area (Å²) in [6.07, 6.45) is 1.53. The van der Waals surface area contributed by atoms with E-state index < -0.39 is 0 Å². The minimum Gasteiger partial charge on any atom is -0.211 e. The second kappa shape index (κ2) is 6.04. The minimum atomic E-state index is 0.647. The fraction of sp³-hybridized carbons (Fsp3) is 0.0714. The molecule has 0 aliphatic heterocycles. The normalized spacial score (nSPS) is 9.65. The van der Waals surface area contributed by atoms with Crippen LogP contribution in [0.25, 0.3) is 0 Å². The summed E-state index contributed by atoms with van der Waals surface area (Å²) in [5, 5.41) is 0. The molecule has 0 aromatic heterocycles. The maximum absolute atomic E-state index is 10.1. The van der Waals surface area contributed by atoms with E-state index in [-0.39, 0.29) is 0 Å². The Morgan fingerprint density at radius 2 is 1.71 bits per heavy atom. The van der Waals surface area contributed by atoms with Crippen molar-refractivity contribution in [3.63, 3.8) is 0 Å². The van der Waals surface area contributed by atoms with Crippen molar-refractivity contribution in [3.8, 4) is 0 Å². The molecule has 2 nitrogen and oxygen atoms in total. The predicted molar refractivity (Wildman–Crippen MR) is 70.2 cm³/mol. The second-order valence-electron chi connectivity index (χ2n) is 3.47. The Bertz CT molecular complexity index is 516. The molecule has 0 fully saturated rings. The van der Waals surface area contributed by atoms with Crippen LogP contribution in [-0.4, -0.2) is 6.08 Å². The smallest absolute Gasteiger partial charge is 0.211 e. The molecule has 0 aliphatic rings.